The maximum absolute atomic E-state index is 14.9. The molecule has 3 heterocycles. The lowest BCUT2D eigenvalue weighted by Crippen LogP contribution is -2.36. The van der Waals surface area contributed by atoms with E-state index in [1.165, 1.54) is 18.1 Å². The largest absolute Gasteiger partial charge is 0.453 e. The van der Waals surface area contributed by atoms with Gasteiger partial charge in [0.2, 0.25) is 0 Å². The summed E-state index contributed by atoms with van der Waals surface area (Å²) in [5.41, 5.74) is 1.36. The van der Waals surface area contributed by atoms with E-state index in [4.69, 9.17) is 4.74 Å². The molecule has 0 aliphatic carbocycles. The Morgan fingerprint density at radius 2 is 2.16 bits per heavy atom. The second-order valence-electron chi connectivity index (χ2n) is 7.36. The molecule has 2 aliphatic heterocycles. The number of benzene rings is 1. The lowest BCUT2D eigenvalue weighted by molar-refractivity contribution is 0.132. The zero-order valence-corrected chi connectivity index (χ0v) is 17.7. The van der Waals surface area contributed by atoms with Gasteiger partial charge in [-0.3, -0.25) is 9.91 Å². The molecule has 0 saturated carbocycles. The molecule has 0 unspecified atom stereocenters. The van der Waals surface area contributed by atoms with Crippen LogP contribution in [0.4, 0.5) is 25.5 Å². The molecule has 1 saturated heterocycles. The number of cyclic esters (lactones) is 1. The Balaban J connectivity index is 1.45. The molecule has 1 aromatic carbocycles. The molecule has 1 fully saturated rings. The minimum atomic E-state index is -0.616. The van der Waals surface area contributed by atoms with E-state index >= 15 is 0 Å². The lowest BCUT2D eigenvalue weighted by atomic mass is 10.1. The molecule has 11 heteroatoms. The van der Waals surface area contributed by atoms with Gasteiger partial charge in [0.05, 0.1) is 32.4 Å². The Hall–Kier alpha value is -3.89. The second-order valence-corrected chi connectivity index (χ2v) is 7.36. The van der Waals surface area contributed by atoms with E-state index < -0.39 is 24.1 Å². The minimum Gasteiger partial charge on any atom is -0.453 e. The first-order valence-electron chi connectivity index (χ1n) is 10.0. The first kappa shape index (κ1) is 21.3. The standard InChI is InChI=1S/C21H23FN6O4/c1-26-7-8-27(13-25-26)19-6-3-14(10-23-19)17-5-4-15(9-18(17)22)28-12-16(32-21(28)30)11-24-20(29)31-2/h3-6,9-10,13,16H,7-8,11-12H2,1-2H3,(H,24,29)/t16-/m0/s1. The third kappa shape index (κ3) is 4.56. The molecule has 168 valence electrons. The number of nitrogens with one attached hydrogen (secondary N) is 1. The lowest BCUT2D eigenvalue weighted by Gasteiger charge is -2.26. The molecule has 2 aliphatic rings. The Morgan fingerprint density at radius 3 is 2.81 bits per heavy atom. The van der Waals surface area contributed by atoms with Crippen LogP contribution in [0.25, 0.3) is 11.1 Å². The number of ether oxygens (including phenoxy) is 2. The van der Waals surface area contributed by atoms with Crippen molar-refractivity contribution in [1.82, 2.24) is 15.3 Å². The van der Waals surface area contributed by atoms with Crippen LogP contribution in [0.5, 0.6) is 0 Å². The summed E-state index contributed by atoms with van der Waals surface area (Å²) in [5.74, 6) is 0.246. The molecule has 1 aromatic heterocycles. The number of amides is 2. The van der Waals surface area contributed by atoms with Gasteiger partial charge < -0.3 is 19.7 Å². The maximum atomic E-state index is 14.9. The number of carbonyl (C=O) groups excluding carboxylic acids is 2. The summed E-state index contributed by atoms with van der Waals surface area (Å²) in [6, 6.07) is 8.15. The number of rotatable bonds is 5. The Bertz CT molecular complexity index is 1030. The van der Waals surface area contributed by atoms with Crippen LogP contribution >= 0.6 is 0 Å². The summed E-state index contributed by atoms with van der Waals surface area (Å²) < 4.78 is 24.6. The van der Waals surface area contributed by atoms with Crippen LogP contribution in [0.15, 0.2) is 41.6 Å². The molecule has 32 heavy (non-hydrogen) atoms. The van der Waals surface area contributed by atoms with Crippen molar-refractivity contribution in [1.29, 1.82) is 0 Å². The SMILES string of the molecule is COC(=O)NC[C@H]1CN(c2ccc(-c3ccc(N4C=NN(C)CC4)nc3)c(F)c2)C(=O)O1. The minimum absolute atomic E-state index is 0.103. The number of aromatic nitrogens is 1. The van der Waals surface area contributed by atoms with Gasteiger partial charge in [-0.15, -0.1) is 0 Å². The average molecular weight is 442 g/mol. The van der Waals surface area contributed by atoms with Crippen LogP contribution in [0.3, 0.4) is 0 Å². The fourth-order valence-corrected chi connectivity index (χ4v) is 3.42. The Kier molecular flexibility index (Phi) is 6.06. The van der Waals surface area contributed by atoms with Crippen molar-refractivity contribution in [2.75, 3.05) is 50.1 Å². The van der Waals surface area contributed by atoms with Crippen molar-refractivity contribution in [3.05, 3.63) is 42.3 Å². The molecule has 0 spiro atoms. The number of pyridine rings is 1. The monoisotopic (exact) mass is 442 g/mol. The smallest absolute Gasteiger partial charge is 0.414 e. The van der Waals surface area contributed by atoms with E-state index in [0.29, 0.717) is 16.8 Å². The van der Waals surface area contributed by atoms with Crippen LogP contribution < -0.4 is 15.1 Å². The van der Waals surface area contributed by atoms with Gasteiger partial charge in [-0.25, -0.2) is 19.0 Å². The molecule has 1 N–H and O–H groups in total. The van der Waals surface area contributed by atoms with E-state index in [2.05, 4.69) is 20.1 Å². The molecule has 4 rings (SSSR count). The molecule has 1 atom stereocenters. The first-order chi connectivity index (χ1) is 15.4. The third-order valence-electron chi connectivity index (χ3n) is 5.20. The molecular formula is C21H23FN6O4. The van der Waals surface area contributed by atoms with Crippen LogP contribution in [0, 0.1) is 5.82 Å². The van der Waals surface area contributed by atoms with Crippen LogP contribution in [-0.2, 0) is 9.47 Å². The van der Waals surface area contributed by atoms with Crippen molar-refractivity contribution in [2.24, 2.45) is 5.10 Å². The van der Waals surface area contributed by atoms with Crippen LogP contribution in [0.2, 0.25) is 0 Å². The molecule has 0 bridgehead atoms. The number of methoxy groups -OCH3 is 1. The highest BCUT2D eigenvalue weighted by atomic mass is 19.1. The van der Waals surface area contributed by atoms with Gasteiger partial charge in [-0.1, -0.05) is 0 Å². The Morgan fingerprint density at radius 1 is 1.31 bits per heavy atom. The summed E-state index contributed by atoms with van der Waals surface area (Å²) in [7, 11) is 3.15. The van der Waals surface area contributed by atoms with Crippen molar-refractivity contribution >= 4 is 30.0 Å². The van der Waals surface area contributed by atoms with Crippen molar-refractivity contribution in [3.63, 3.8) is 0 Å². The van der Waals surface area contributed by atoms with E-state index in [1.54, 1.807) is 30.7 Å². The van der Waals surface area contributed by atoms with Gasteiger partial charge in [0.25, 0.3) is 0 Å². The number of carbonyl (C=O) groups is 2. The van der Waals surface area contributed by atoms with Crippen molar-refractivity contribution in [3.8, 4) is 11.1 Å². The highest BCUT2D eigenvalue weighted by molar-refractivity contribution is 5.90. The highest BCUT2D eigenvalue weighted by Crippen LogP contribution is 2.29. The predicted molar refractivity (Wildman–Crippen MR) is 116 cm³/mol. The topological polar surface area (TPSA) is 99.6 Å². The van der Waals surface area contributed by atoms with Gasteiger partial charge in [0.15, 0.2) is 0 Å². The number of likely N-dealkylation sites (N-methyl/N-ethyl adjacent to an activating group) is 1. The molecular weight excluding hydrogens is 419 g/mol. The van der Waals surface area contributed by atoms with Crippen molar-refractivity contribution in [2.45, 2.75) is 6.10 Å². The highest BCUT2D eigenvalue weighted by Gasteiger charge is 2.33. The van der Waals surface area contributed by atoms with Gasteiger partial charge in [0, 0.05) is 30.9 Å². The maximum Gasteiger partial charge on any atom is 0.414 e. The third-order valence-corrected chi connectivity index (χ3v) is 5.20. The summed E-state index contributed by atoms with van der Waals surface area (Å²) in [6.07, 6.45) is 1.55. The summed E-state index contributed by atoms with van der Waals surface area (Å²) in [4.78, 5) is 31.0. The van der Waals surface area contributed by atoms with Gasteiger partial charge in [0.1, 0.15) is 24.1 Å². The number of nitrogens with zero attached hydrogens (tertiary/aromatic N) is 5. The fraction of sp³-hybridized carbons (Fsp3) is 0.333. The summed E-state index contributed by atoms with van der Waals surface area (Å²) >= 11 is 0. The van der Waals surface area contributed by atoms with E-state index in [1.807, 2.05) is 23.0 Å². The number of hydrazone groups is 1. The molecule has 10 nitrogen and oxygen atoms in total. The Labute approximate surface area is 184 Å². The van der Waals surface area contributed by atoms with Crippen molar-refractivity contribution < 1.29 is 23.5 Å². The van der Waals surface area contributed by atoms with Crippen LogP contribution in [-0.4, -0.2) is 75.0 Å². The molecule has 2 aromatic rings. The number of hydrogen-bond donors (Lipinski definition) is 1. The number of halogens is 1. The zero-order chi connectivity index (χ0) is 22.7. The summed E-state index contributed by atoms with van der Waals surface area (Å²) in [5, 5.41) is 8.55. The molecule has 0 radical (unpaired) electrons. The van der Waals surface area contributed by atoms with E-state index in [-0.39, 0.29) is 13.1 Å². The van der Waals surface area contributed by atoms with Gasteiger partial charge in [-0.05, 0) is 30.3 Å². The predicted octanol–water partition coefficient (Wildman–Crippen LogP) is 2.26. The van der Waals surface area contributed by atoms with Gasteiger partial charge >= 0.3 is 12.2 Å². The van der Waals surface area contributed by atoms with Crippen LogP contribution in [0.1, 0.15) is 0 Å². The number of anilines is 2. The average Bonchev–Trinajstić information content (AvgIpc) is 3.18. The normalized spacial score (nSPS) is 18.0. The summed E-state index contributed by atoms with van der Waals surface area (Å²) in [6.45, 7) is 1.84. The fourth-order valence-electron chi connectivity index (χ4n) is 3.42. The quantitative estimate of drug-likeness (QED) is 0.758. The number of alkyl carbamates (subject to hydrolysis) is 1. The molecule has 2 amide bonds. The van der Waals surface area contributed by atoms with E-state index in [0.717, 1.165) is 18.9 Å². The first-order valence-corrected chi connectivity index (χ1v) is 10.0. The van der Waals surface area contributed by atoms with Gasteiger partial charge in [-0.2, -0.15) is 5.10 Å². The second kappa shape index (κ2) is 9.08. The number of hydrogen-bond acceptors (Lipinski definition) is 8. The zero-order valence-electron chi connectivity index (χ0n) is 17.7. The van der Waals surface area contributed by atoms with E-state index in [9.17, 15) is 14.0 Å².